The molecule has 0 unspecified atom stereocenters. The molecule has 1 aliphatic rings. The van der Waals surface area contributed by atoms with Crippen LogP contribution in [-0.4, -0.2) is 45.0 Å². The molecular formula is C25H26ClFN4O2. The topological polar surface area (TPSA) is 78.4 Å². The number of pyridine rings is 2. The summed E-state index contributed by atoms with van der Waals surface area (Å²) in [6, 6.07) is 12.6. The van der Waals surface area contributed by atoms with E-state index in [0.29, 0.717) is 16.3 Å². The Labute approximate surface area is 197 Å². The summed E-state index contributed by atoms with van der Waals surface area (Å²) in [7, 11) is 1.69. The van der Waals surface area contributed by atoms with Crippen LogP contribution in [0, 0.1) is 5.82 Å². The highest BCUT2D eigenvalue weighted by molar-refractivity contribution is 6.29. The van der Waals surface area contributed by atoms with Gasteiger partial charge >= 0.3 is 0 Å². The van der Waals surface area contributed by atoms with Crippen molar-refractivity contribution in [3.05, 3.63) is 94.3 Å². The zero-order valence-corrected chi connectivity index (χ0v) is 19.0. The van der Waals surface area contributed by atoms with Crippen LogP contribution in [0.3, 0.4) is 0 Å². The fourth-order valence-corrected chi connectivity index (χ4v) is 4.34. The molecule has 4 rings (SSSR count). The summed E-state index contributed by atoms with van der Waals surface area (Å²) in [4.78, 5) is 22.1. The van der Waals surface area contributed by atoms with E-state index >= 15 is 0 Å². The maximum absolute atomic E-state index is 13.3. The molecule has 1 saturated heterocycles. The Morgan fingerprint density at radius 2 is 1.97 bits per heavy atom. The largest absolute Gasteiger partial charge is 0.387 e. The third-order valence-electron chi connectivity index (χ3n) is 5.96. The third-order valence-corrected chi connectivity index (χ3v) is 6.18. The monoisotopic (exact) mass is 468 g/mol. The normalized spacial score (nSPS) is 18.8. The summed E-state index contributed by atoms with van der Waals surface area (Å²) >= 11 is 5.83. The summed E-state index contributed by atoms with van der Waals surface area (Å²) in [5.74, 6) is -0.553. The van der Waals surface area contributed by atoms with Crippen molar-refractivity contribution in [2.75, 3.05) is 7.05 Å². The Kier molecular flexibility index (Phi) is 7.33. The molecule has 1 amide bonds. The number of hydrogen-bond acceptors (Lipinski definition) is 5. The molecule has 8 heteroatoms. The van der Waals surface area contributed by atoms with Gasteiger partial charge in [0, 0.05) is 49.2 Å². The van der Waals surface area contributed by atoms with Crippen LogP contribution in [0.15, 0.2) is 61.1 Å². The van der Waals surface area contributed by atoms with Crippen molar-refractivity contribution in [3.63, 3.8) is 0 Å². The van der Waals surface area contributed by atoms with E-state index in [1.165, 1.54) is 6.07 Å². The lowest BCUT2D eigenvalue weighted by Crippen LogP contribution is -2.35. The van der Waals surface area contributed by atoms with Crippen LogP contribution < -0.4 is 5.32 Å². The van der Waals surface area contributed by atoms with Gasteiger partial charge in [0.05, 0.1) is 12.3 Å². The van der Waals surface area contributed by atoms with Crippen molar-refractivity contribution in [2.45, 2.75) is 44.0 Å². The van der Waals surface area contributed by atoms with Crippen LogP contribution in [0.2, 0.25) is 5.15 Å². The summed E-state index contributed by atoms with van der Waals surface area (Å²) in [5, 5.41) is 14.6. The van der Waals surface area contributed by atoms with Gasteiger partial charge < -0.3 is 15.3 Å². The van der Waals surface area contributed by atoms with Gasteiger partial charge in [-0.3, -0.25) is 9.78 Å². The van der Waals surface area contributed by atoms with Crippen molar-refractivity contribution < 1.29 is 14.3 Å². The van der Waals surface area contributed by atoms with Crippen molar-refractivity contribution in [1.29, 1.82) is 0 Å². The predicted molar refractivity (Wildman–Crippen MR) is 124 cm³/mol. The molecule has 33 heavy (non-hydrogen) atoms. The van der Waals surface area contributed by atoms with E-state index in [1.54, 1.807) is 36.5 Å². The molecule has 0 saturated carbocycles. The van der Waals surface area contributed by atoms with Crippen molar-refractivity contribution in [1.82, 2.24) is 20.2 Å². The first-order valence-corrected chi connectivity index (χ1v) is 11.3. The third kappa shape index (κ3) is 5.93. The molecule has 3 atom stereocenters. The van der Waals surface area contributed by atoms with Crippen molar-refractivity contribution in [2.24, 2.45) is 0 Å². The lowest BCUT2D eigenvalue weighted by atomic mass is 10.0. The number of carbonyl (C=O) groups excluding carboxylic acids is 1. The van der Waals surface area contributed by atoms with Crippen LogP contribution in [0.25, 0.3) is 0 Å². The first-order valence-electron chi connectivity index (χ1n) is 10.9. The van der Waals surface area contributed by atoms with Crippen LogP contribution in [0.4, 0.5) is 4.39 Å². The number of aliphatic hydroxyl groups excluding tert-OH is 1. The quantitative estimate of drug-likeness (QED) is 0.513. The van der Waals surface area contributed by atoms with Gasteiger partial charge in [-0.1, -0.05) is 29.8 Å². The fourth-order valence-electron chi connectivity index (χ4n) is 4.23. The molecule has 0 aliphatic carbocycles. The van der Waals surface area contributed by atoms with E-state index in [-0.39, 0.29) is 24.5 Å². The first-order chi connectivity index (χ1) is 15.9. The Morgan fingerprint density at radius 3 is 2.67 bits per heavy atom. The summed E-state index contributed by atoms with van der Waals surface area (Å²) in [5.41, 5.74) is 3.08. The summed E-state index contributed by atoms with van der Waals surface area (Å²) in [6.45, 7) is 0.282. The van der Waals surface area contributed by atoms with E-state index in [0.717, 1.165) is 36.6 Å². The van der Waals surface area contributed by atoms with Gasteiger partial charge in [-0.25, -0.2) is 9.37 Å². The Balaban J connectivity index is 1.31. The number of rotatable bonds is 7. The molecule has 3 aromatic rings. The molecule has 172 valence electrons. The van der Waals surface area contributed by atoms with Gasteiger partial charge in [0.25, 0.3) is 5.91 Å². The average Bonchev–Trinajstić information content (AvgIpc) is 3.27. The van der Waals surface area contributed by atoms with Gasteiger partial charge in [-0.15, -0.1) is 0 Å². The number of carbonyl (C=O) groups is 1. The molecule has 1 aromatic carbocycles. The molecule has 2 aromatic heterocycles. The number of halogens is 2. The molecule has 1 aliphatic heterocycles. The van der Waals surface area contributed by atoms with E-state index in [1.807, 2.05) is 24.3 Å². The zero-order valence-electron chi connectivity index (χ0n) is 18.3. The number of amides is 1. The van der Waals surface area contributed by atoms with Gasteiger partial charge in [-0.05, 0) is 54.7 Å². The molecule has 1 fully saturated rings. The molecule has 6 nitrogen and oxygen atoms in total. The highest BCUT2D eigenvalue weighted by atomic mass is 35.5. The number of aliphatic hydroxyl groups is 1. The first kappa shape index (κ1) is 23.3. The zero-order chi connectivity index (χ0) is 23.4. The molecule has 2 N–H and O–H groups in total. The Bertz CT molecular complexity index is 1090. The predicted octanol–water partition coefficient (Wildman–Crippen LogP) is 3.94. The Hall–Kier alpha value is -2.87. The molecule has 0 bridgehead atoms. The lowest BCUT2D eigenvalue weighted by Gasteiger charge is -2.20. The second-order valence-corrected chi connectivity index (χ2v) is 8.87. The van der Waals surface area contributed by atoms with Crippen molar-refractivity contribution >= 4 is 17.5 Å². The molecule has 3 heterocycles. The van der Waals surface area contributed by atoms with Gasteiger partial charge in [0.15, 0.2) is 0 Å². The smallest absolute Gasteiger partial charge is 0.253 e. The van der Waals surface area contributed by atoms with E-state index in [2.05, 4.69) is 15.3 Å². The second kappa shape index (κ2) is 10.4. The number of hydrogen-bond donors (Lipinski definition) is 2. The van der Waals surface area contributed by atoms with E-state index in [4.69, 9.17) is 11.6 Å². The van der Waals surface area contributed by atoms with Gasteiger partial charge in [0.2, 0.25) is 0 Å². The van der Waals surface area contributed by atoms with Crippen LogP contribution in [-0.2, 0) is 13.0 Å². The standard InChI is InChI=1S/C25H26ClFN4O2/c1-31(15-17-10-20(27)14-28-12-17)25(33)18-4-2-16(3-5-18)11-21-7-8-22(30-21)24(32)19-6-9-23(26)29-13-19/h2-6,9-10,12-14,21-22,24,30,32H,7-8,11,15H2,1H3/t21-,22+,24+/m0/s1. The van der Waals surface area contributed by atoms with Gasteiger partial charge in [0.1, 0.15) is 11.0 Å². The van der Waals surface area contributed by atoms with Crippen LogP contribution in [0.5, 0.6) is 0 Å². The summed E-state index contributed by atoms with van der Waals surface area (Å²) < 4.78 is 13.3. The molecule has 0 spiro atoms. The number of aromatic nitrogens is 2. The molecular weight excluding hydrogens is 443 g/mol. The minimum Gasteiger partial charge on any atom is -0.387 e. The van der Waals surface area contributed by atoms with Crippen LogP contribution >= 0.6 is 11.6 Å². The minimum absolute atomic E-state index is 0.0372. The van der Waals surface area contributed by atoms with E-state index in [9.17, 15) is 14.3 Å². The fraction of sp³-hybridized carbons (Fsp3) is 0.320. The highest BCUT2D eigenvalue weighted by Gasteiger charge is 2.30. The minimum atomic E-state index is -0.636. The maximum atomic E-state index is 13.3. The Morgan fingerprint density at radius 1 is 1.18 bits per heavy atom. The highest BCUT2D eigenvalue weighted by Crippen LogP contribution is 2.27. The van der Waals surface area contributed by atoms with Crippen molar-refractivity contribution in [3.8, 4) is 0 Å². The average molecular weight is 469 g/mol. The van der Waals surface area contributed by atoms with Crippen LogP contribution in [0.1, 0.15) is 46.0 Å². The lowest BCUT2D eigenvalue weighted by molar-refractivity contribution is 0.0785. The maximum Gasteiger partial charge on any atom is 0.253 e. The second-order valence-electron chi connectivity index (χ2n) is 8.48. The summed E-state index contributed by atoms with van der Waals surface area (Å²) in [6.07, 6.45) is 6.29. The number of nitrogens with zero attached hydrogens (tertiary/aromatic N) is 3. The number of nitrogens with one attached hydrogen (secondary N) is 1. The van der Waals surface area contributed by atoms with E-state index < -0.39 is 11.9 Å². The van der Waals surface area contributed by atoms with Gasteiger partial charge in [-0.2, -0.15) is 0 Å². The SMILES string of the molecule is CN(Cc1cncc(F)c1)C(=O)c1ccc(C[C@@H]2CC[C@H]([C@H](O)c3ccc(Cl)nc3)N2)cc1. The molecule has 0 radical (unpaired) electrons. The number of benzene rings is 1.